The highest BCUT2D eigenvalue weighted by Crippen LogP contribution is 2.46. The second-order valence-corrected chi connectivity index (χ2v) is 10.9. The maximum absolute atomic E-state index is 13.7. The molecule has 2 aromatic carbocycles. The van der Waals surface area contributed by atoms with E-state index in [1.165, 1.54) is 44.6 Å². The number of rotatable bonds is 11. The molecule has 0 spiro atoms. The van der Waals surface area contributed by atoms with Gasteiger partial charge >= 0.3 is 6.03 Å². The summed E-state index contributed by atoms with van der Waals surface area (Å²) in [6.45, 7) is 9.74. The predicted octanol–water partition coefficient (Wildman–Crippen LogP) is 4.67. The number of aliphatic hydroxyl groups excluding tert-OH is 1. The zero-order valence-electron chi connectivity index (χ0n) is 25.7. The summed E-state index contributed by atoms with van der Waals surface area (Å²) < 4.78 is 10.6. The van der Waals surface area contributed by atoms with Crippen molar-refractivity contribution in [3.05, 3.63) is 70.6 Å². The van der Waals surface area contributed by atoms with E-state index in [0.717, 1.165) is 48.9 Å². The number of urea groups is 1. The lowest BCUT2D eigenvalue weighted by atomic mass is 10.0. The molecule has 2 heterocycles. The van der Waals surface area contributed by atoms with Gasteiger partial charge in [-0.2, -0.15) is 0 Å². The number of methoxy groups -OCH3 is 2. The first-order valence-electron chi connectivity index (χ1n) is 14.3. The van der Waals surface area contributed by atoms with E-state index in [2.05, 4.69) is 38.6 Å². The Bertz CT molecular complexity index is 1520. The number of hydrogen-bond donors (Lipinski definition) is 2. The number of anilines is 4. The van der Waals surface area contributed by atoms with Crippen LogP contribution < -0.4 is 29.5 Å². The number of piperazine rings is 1. The number of likely N-dealkylation sites (N-methyl/N-ethyl adjacent to an activating group) is 1. The number of carbonyl (C=O) groups excluding carboxylic acids is 2. The molecule has 0 radical (unpaired) electrons. The van der Waals surface area contributed by atoms with Gasteiger partial charge in [0.05, 0.1) is 25.6 Å². The van der Waals surface area contributed by atoms with E-state index in [4.69, 9.17) is 32.7 Å². The first-order valence-corrected chi connectivity index (χ1v) is 15.0. The van der Waals surface area contributed by atoms with E-state index in [-0.39, 0.29) is 39.0 Å². The molecular formula is C31H37Cl2N7O5. The van der Waals surface area contributed by atoms with Crippen molar-refractivity contribution in [3.63, 3.8) is 0 Å². The van der Waals surface area contributed by atoms with Crippen LogP contribution in [0.4, 0.5) is 27.7 Å². The second kappa shape index (κ2) is 15.3. The quantitative estimate of drug-likeness (QED) is 0.224. The van der Waals surface area contributed by atoms with Crippen molar-refractivity contribution in [2.45, 2.75) is 13.3 Å². The van der Waals surface area contributed by atoms with E-state index >= 15 is 0 Å². The molecule has 0 bridgehead atoms. The van der Waals surface area contributed by atoms with Crippen molar-refractivity contribution >= 4 is 58.0 Å². The van der Waals surface area contributed by atoms with Crippen molar-refractivity contribution in [2.75, 3.05) is 80.7 Å². The molecule has 4 rings (SSSR count). The fraction of sp³-hybridized carbons (Fsp3) is 0.355. The maximum Gasteiger partial charge on any atom is 0.331 e. The Morgan fingerprint density at radius 3 is 2.31 bits per heavy atom. The fourth-order valence-electron chi connectivity index (χ4n) is 5.01. The van der Waals surface area contributed by atoms with Crippen LogP contribution in [0, 0.1) is 0 Å². The summed E-state index contributed by atoms with van der Waals surface area (Å²) in [5.74, 6) is 0.348. The summed E-state index contributed by atoms with van der Waals surface area (Å²) in [5.41, 5.74) is 3.08. The summed E-state index contributed by atoms with van der Waals surface area (Å²) >= 11 is 13.0. The first kappa shape index (κ1) is 33.8. The van der Waals surface area contributed by atoms with E-state index in [1.807, 2.05) is 18.2 Å². The molecule has 1 aliphatic rings. The Hall–Kier alpha value is -4.10. The summed E-state index contributed by atoms with van der Waals surface area (Å²) in [4.78, 5) is 41.6. The lowest BCUT2D eigenvalue weighted by Gasteiger charge is -2.35. The van der Waals surface area contributed by atoms with Gasteiger partial charge in [0.25, 0.3) is 0 Å². The van der Waals surface area contributed by atoms with E-state index in [0.29, 0.717) is 17.8 Å². The molecule has 2 N–H and O–H groups in total. The molecule has 45 heavy (non-hydrogen) atoms. The second-order valence-electron chi connectivity index (χ2n) is 10.2. The van der Waals surface area contributed by atoms with Gasteiger partial charge in [0.2, 0.25) is 5.91 Å². The highest BCUT2D eigenvalue weighted by Gasteiger charge is 2.29. The zero-order chi connectivity index (χ0) is 32.7. The van der Waals surface area contributed by atoms with Crippen LogP contribution in [0.25, 0.3) is 0 Å². The van der Waals surface area contributed by atoms with Crippen molar-refractivity contribution in [1.29, 1.82) is 0 Å². The summed E-state index contributed by atoms with van der Waals surface area (Å²) in [5, 5.41) is 13.2. The minimum Gasteiger partial charge on any atom is -0.495 e. The molecular weight excluding hydrogens is 621 g/mol. The van der Waals surface area contributed by atoms with Gasteiger partial charge < -0.3 is 29.7 Å². The Kier molecular flexibility index (Phi) is 11.5. The number of amides is 3. The molecule has 1 aromatic heterocycles. The Morgan fingerprint density at radius 2 is 1.73 bits per heavy atom. The number of nitrogens with zero attached hydrogens (tertiary/aromatic N) is 6. The van der Waals surface area contributed by atoms with Gasteiger partial charge in [0.1, 0.15) is 40.4 Å². The number of ether oxygens (including phenoxy) is 2. The standard InChI is InChI=1S/C31H37Cl2N7O5/c1-6-27(42)36-23-16-22(39-12-10-38(7-2)11-13-39)9-8-20(23)14-21-15-26(35-18-34-21)37(3)31(43)40(19-41)30-28(32)24(44-4)17-25(45-5)29(30)33/h6,8-9,15-18,41H,1,7,10-14,19H2,2-5H3,(H,36,42). The highest BCUT2D eigenvalue weighted by atomic mass is 35.5. The third-order valence-electron chi connectivity index (χ3n) is 7.63. The van der Waals surface area contributed by atoms with E-state index < -0.39 is 12.8 Å². The van der Waals surface area contributed by atoms with E-state index in [9.17, 15) is 14.7 Å². The van der Waals surface area contributed by atoms with Crippen LogP contribution in [0.3, 0.4) is 0 Å². The Morgan fingerprint density at radius 1 is 1.07 bits per heavy atom. The smallest absolute Gasteiger partial charge is 0.331 e. The maximum atomic E-state index is 13.7. The third-order valence-corrected chi connectivity index (χ3v) is 8.36. The van der Waals surface area contributed by atoms with Crippen LogP contribution in [-0.4, -0.2) is 92.6 Å². The summed E-state index contributed by atoms with van der Waals surface area (Å²) in [6, 6.07) is 8.43. The highest BCUT2D eigenvalue weighted by molar-refractivity contribution is 6.42. The SMILES string of the molecule is C=CC(=O)Nc1cc(N2CCN(CC)CC2)ccc1Cc1cc(N(C)C(=O)N(CO)c2c(Cl)c(OC)cc(OC)c2Cl)ncn1. The van der Waals surface area contributed by atoms with Gasteiger partial charge in [0.15, 0.2) is 0 Å². The van der Waals surface area contributed by atoms with Crippen LogP contribution >= 0.6 is 23.2 Å². The number of aliphatic hydroxyl groups is 1. The van der Waals surface area contributed by atoms with Crippen molar-refractivity contribution in [3.8, 4) is 11.5 Å². The summed E-state index contributed by atoms with van der Waals surface area (Å²) in [6.07, 6.45) is 2.90. The molecule has 1 aliphatic heterocycles. The monoisotopic (exact) mass is 657 g/mol. The molecule has 0 unspecified atom stereocenters. The predicted molar refractivity (Wildman–Crippen MR) is 177 cm³/mol. The molecule has 14 heteroatoms. The summed E-state index contributed by atoms with van der Waals surface area (Å²) in [7, 11) is 4.32. The van der Waals surface area contributed by atoms with Gasteiger partial charge in [-0.3, -0.25) is 14.6 Å². The van der Waals surface area contributed by atoms with Gasteiger partial charge in [-0.05, 0) is 30.3 Å². The van der Waals surface area contributed by atoms with Gasteiger partial charge in [-0.25, -0.2) is 14.8 Å². The molecule has 3 amide bonds. The largest absolute Gasteiger partial charge is 0.495 e. The van der Waals surface area contributed by atoms with Crippen LogP contribution in [0.15, 0.2) is 49.3 Å². The Labute approximate surface area is 272 Å². The van der Waals surface area contributed by atoms with Crippen LogP contribution in [-0.2, 0) is 11.2 Å². The zero-order valence-corrected chi connectivity index (χ0v) is 27.2. The van der Waals surface area contributed by atoms with Gasteiger partial charge in [-0.15, -0.1) is 0 Å². The Balaban J connectivity index is 1.60. The van der Waals surface area contributed by atoms with Crippen LogP contribution in [0.5, 0.6) is 11.5 Å². The fourth-order valence-corrected chi connectivity index (χ4v) is 5.72. The third kappa shape index (κ3) is 7.59. The normalized spacial score (nSPS) is 13.3. The molecule has 0 atom stereocenters. The lowest BCUT2D eigenvalue weighted by Crippen LogP contribution is -2.46. The molecule has 0 aliphatic carbocycles. The van der Waals surface area contributed by atoms with Gasteiger partial charge in [-0.1, -0.05) is 42.8 Å². The molecule has 240 valence electrons. The van der Waals surface area contributed by atoms with Crippen LogP contribution in [0.1, 0.15) is 18.2 Å². The molecule has 1 saturated heterocycles. The number of nitrogens with one attached hydrogen (secondary N) is 1. The number of carbonyl (C=O) groups is 2. The van der Waals surface area contributed by atoms with E-state index in [1.54, 1.807) is 6.07 Å². The van der Waals surface area contributed by atoms with Crippen molar-refractivity contribution in [2.24, 2.45) is 0 Å². The lowest BCUT2D eigenvalue weighted by molar-refractivity contribution is -0.111. The number of hydrogen-bond acceptors (Lipinski definition) is 9. The minimum atomic E-state index is -0.747. The topological polar surface area (TPSA) is 124 Å². The molecule has 3 aromatic rings. The molecule has 0 saturated carbocycles. The molecule has 12 nitrogen and oxygen atoms in total. The van der Waals surface area contributed by atoms with Crippen LogP contribution in [0.2, 0.25) is 10.0 Å². The first-order chi connectivity index (χ1) is 21.6. The number of halogens is 2. The van der Waals surface area contributed by atoms with Crippen molar-refractivity contribution < 1.29 is 24.2 Å². The minimum absolute atomic E-state index is 0.0157. The average Bonchev–Trinajstić information content (AvgIpc) is 3.07. The van der Waals surface area contributed by atoms with Crippen molar-refractivity contribution in [1.82, 2.24) is 14.9 Å². The number of benzene rings is 2. The molecule has 1 fully saturated rings. The van der Waals surface area contributed by atoms with Gasteiger partial charge in [0, 0.05) is 63.2 Å². The number of aromatic nitrogens is 2. The average molecular weight is 659 g/mol.